The molecule has 1 aromatic carbocycles. The fourth-order valence-electron chi connectivity index (χ4n) is 1.54. The molecule has 0 bridgehead atoms. The van der Waals surface area contributed by atoms with Crippen LogP contribution in [-0.2, 0) is 6.42 Å². The third kappa shape index (κ3) is 2.00. The average molecular weight is 174 g/mol. The first-order chi connectivity index (χ1) is 6.27. The van der Waals surface area contributed by atoms with Gasteiger partial charge in [0.2, 0.25) is 0 Å². The minimum atomic E-state index is 1.12. The molecular weight excluding hydrogens is 156 g/mol. The molecule has 0 amide bonds. The van der Waals surface area contributed by atoms with Crippen LogP contribution in [0, 0.1) is 13.8 Å². The van der Waals surface area contributed by atoms with Gasteiger partial charge < -0.3 is 0 Å². The van der Waals surface area contributed by atoms with E-state index in [1.807, 2.05) is 13.8 Å². The van der Waals surface area contributed by atoms with E-state index >= 15 is 0 Å². The number of allylic oxidation sites excluding steroid dienone is 1. The average Bonchev–Trinajstić information content (AvgIpc) is 2.56. The van der Waals surface area contributed by atoms with Crippen LogP contribution in [0.3, 0.4) is 0 Å². The van der Waals surface area contributed by atoms with Gasteiger partial charge in [-0.05, 0) is 42.5 Å². The smallest absolute Gasteiger partial charge is 0.00881 e. The lowest BCUT2D eigenvalue weighted by Gasteiger charge is -2.03. The first-order valence-corrected chi connectivity index (χ1v) is 5.04. The van der Waals surface area contributed by atoms with Gasteiger partial charge in [-0.25, -0.2) is 0 Å². The zero-order valence-electron chi connectivity index (χ0n) is 9.02. The molecule has 0 aromatic heterocycles. The van der Waals surface area contributed by atoms with Crippen LogP contribution in [-0.4, -0.2) is 0 Å². The van der Waals surface area contributed by atoms with Crippen LogP contribution < -0.4 is 0 Å². The van der Waals surface area contributed by atoms with Crippen molar-refractivity contribution < 1.29 is 0 Å². The molecule has 0 saturated heterocycles. The van der Waals surface area contributed by atoms with Crippen molar-refractivity contribution in [3.05, 3.63) is 40.5 Å². The van der Waals surface area contributed by atoms with Gasteiger partial charge >= 0.3 is 0 Å². The molecule has 0 spiro atoms. The largest absolute Gasteiger partial charge is 0.0795 e. The fraction of sp³-hybridized carbons (Fsp3) is 0.385. The van der Waals surface area contributed by atoms with Gasteiger partial charge in [0.25, 0.3) is 0 Å². The maximum Gasteiger partial charge on any atom is -0.00881 e. The second-order valence-corrected chi connectivity index (χ2v) is 3.24. The Labute approximate surface area is 81.3 Å². The summed E-state index contributed by atoms with van der Waals surface area (Å²) in [4.78, 5) is 0. The normalized spacial score (nSPS) is 12.0. The summed E-state index contributed by atoms with van der Waals surface area (Å²) in [6.45, 7) is 8.34. The molecule has 70 valence electrons. The first kappa shape index (κ1) is 10.0. The van der Waals surface area contributed by atoms with Gasteiger partial charge in [-0.3, -0.25) is 0 Å². The highest BCUT2D eigenvalue weighted by Gasteiger charge is 2.05. The van der Waals surface area contributed by atoms with Crippen molar-refractivity contribution in [2.75, 3.05) is 0 Å². The maximum atomic E-state index is 2.30. The second kappa shape index (κ2) is 4.27. The quantitative estimate of drug-likeness (QED) is 0.559. The molecule has 0 heterocycles. The minimum absolute atomic E-state index is 1.12. The van der Waals surface area contributed by atoms with Gasteiger partial charge in [0, 0.05) is 0 Å². The van der Waals surface area contributed by atoms with E-state index in [1.54, 1.807) is 0 Å². The standard InChI is InChI=1S/C11H12.C2H6/c1-8-6-10-4-3-5-11(10)7-9(8)2;1-2/h3-4,6-7H,5H2,1-2H3;1-2H3. The van der Waals surface area contributed by atoms with Crippen molar-refractivity contribution in [2.24, 2.45) is 0 Å². The summed E-state index contributed by atoms with van der Waals surface area (Å²) in [7, 11) is 0. The lowest BCUT2D eigenvalue weighted by molar-refractivity contribution is 1.24. The van der Waals surface area contributed by atoms with E-state index in [-0.39, 0.29) is 0 Å². The van der Waals surface area contributed by atoms with Gasteiger partial charge in [-0.2, -0.15) is 0 Å². The van der Waals surface area contributed by atoms with Crippen molar-refractivity contribution in [1.82, 2.24) is 0 Å². The molecule has 0 heteroatoms. The fourth-order valence-corrected chi connectivity index (χ4v) is 1.54. The summed E-state index contributed by atoms with van der Waals surface area (Å²) < 4.78 is 0. The molecule has 1 aliphatic rings. The number of benzene rings is 1. The predicted octanol–water partition coefficient (Wildman–Crippen LogP) is 3.90. The van der Waals surface area contributed by atoms with E-state index in [0.29, 0.717) is 0 Å². The Morgan fingerprint density at radius 2 is 1.62 bits per heavy atom. The predicted molar refractivity (Wildman–Crippen MR) is 60.0 cm³/mol. The van der Waals surface area contributed by atoms with Crippen LogP contribution in [0.25, 0.3) is 6.08 Å². The summed E-state index contributed by atoms with van der Waals surface area (Å²) in [5.41, 5.74) is 5.70. The lowest BCUT2D eigenvalue weighted by atomic mass is 10.0. The van der Waals surface area contributed by atoms with Gasteiger partial charge in [0.15, 0.2) is 0 Å². The number of aryl methyl sites for hydroxylation is 2. The van der Waals surface area contributed by atoms with Crippen molar-refractivity contribution >= 4 is 6.08 Å². The van der Waals surface area contributed by atoms with Crippen molar-refractivity contribution in [1.29, 1.82) is 0 Å². The summed E-state index contributed by atoms with van der Waals surface area (Å²) in [5, 5.41) is 0. The van der Waals surface area contributed by atoms with Gasteiger partial charge in [0.05, 0.1) is 0 Å². The summed E-state index contributed by atoms with van der Waals surface area (Å²) in [6.07, 6.45) is 5.56. The summed E-state index contributed by atoms with van der Waals surface area (Å²) in [6, 6.07) is 4.57. The van der Waals surface area contributed by atoms with E-state index in [9.17, 15) is 0 Å². The third-order valence-corrected chi connectivity index (χ3v) is 2.39. The SMILES string of the molecule is CC.Cc1cc2c(cc1C)CC=C2. The molecular formula is C13H18. The highest BCUT2D eigenvalue weighted by atomic mass is 14.1. The Morgan fingerprint density at radius 3 is 2.31 bits per heavy atom. The van der Waals surface area contributed by atoms with Crippen LogP contribution in [0.2, 0.25) is 0 Å². The van der Waals surface area contributed by atoms with Crippen molar-refractivity contribution in [2.45, 2.75) is 34.1 Å². The van der Waals surface area contributed by atoms with E-state index in [0.717, 1.165) is 6.42 Å². The molecule has 0 nitrogen and oxygen atoms in total. The van der Waals surface area contributed by atoms with Crippen LogP contribution in [0.5, 0.6) is 0 Å². The molecule has 0 saturated carbocycles. The molecule has 0 atom stereocenters. The molecule has 0 N–H and O–H groups in total. The van der Waals surface area contributed by atoms with E-state index in [1.165, 1.54) is 22.3 Å². The Kier molecular flexibility index (Phi) is 3.30. The molecule has 0 aliphatic heterocycles. The molecule has 13 heavy (non-hydrogen) atoms. The number of fused-ring (bicyclic) bond motifs is 1. The zero-order valence-corrected chi connectivity index (χ0v) is 9.02. The number of hydrogen-bond donors (Lipinski definition) is 0. The van der Waals surface area contributed by atoms with Gasteiger partial charge in [-0.15, -0.1) is 0 Å². The monoisotopic (exact) mass is 174 g/mol. The maximum absolute atomic E-state index is 2.30. The summed E-state index contributed by atoms with van der Waals surface area (Å²) in [5.74, 6) is 0. The number of hydrogen-bond acceptors (Lipinski definition) is 0. The highest BCUT2D eigenvalue weighted by Crippen LogP contribution is 2.22. The van der Waals surface area contributed by atoms with Crippen LogP contribution in [0.15, 0.2) is 18.2 Å². The van der Waals surface area contributed by atoms with Crippen LogP contribution in [0.1, 0.15) is 36.1 Å². The molecule has 2 rings (SSSR count). The molecule has 0 unspecified atom stereocenters. The molecule has 1 aromatic rings. The molecule has 0 fully saturated rings. The van der Waals surface area contributed by atoms with Crippen LogP contribution in [0.4, 0.5) is 0 Å². The van der Waals surface area contributed by atoms with E-state index in [2.05, 4.69) is 38.1 Å². The van der Waals surface area contributed by atoms with Crippen molar-refractivity contribution in [3.63, 3.8) is 0 Å². The van der Waals surface area contributed by atoms with Crippen LogP contribution >= 0.6 is 0 Å². The minimum Gasteiger partial charge on any atom is -0.0795 e. The Bertz CT molecular complexity index is 319. The lowest BCUT2D eigenvalue weighted by Crippen LogP contribution is -1.86. The Balaban J connectivity index is 0.000000396. The second-order valence-electron chi connectivity index (χ2n) is 3.24. The van der Waals surface area contributed by atoms with Gasteiger partial charge in [0.1, 0.15) is 0 Å². The third-order valence-electron chi connectivity index (χ3n) is 2.39. The highest BCUT2D eigenvalue weighted by molar-refractivity contribution is 5.61. The van der Waals surface area contributed by atoms with E-state index in [4.69, 9.17) is 0 Å². The number of rotatable bonds is 0. The molecule has 0 radical (unpaired) electrons. The van der Waals surface area contributed by atoms with Crippen molar-refractivity contribution in [3.8, 4) is 0 Å². The first-order valence-electron chi connectivity index (χ1n) is 5.04. The van der Waals surface area contributed by atoms with Gasteiger partial charge in [-0.1, -0.05) is 38.1 Å². The molecule has 1 aliphatic carbocycles. The van der Waals surface area contributed by atoms with E-state index < -0.39 is 0 Å². The summed E-state index contributed by atoms with van der Waals surface area (Å²) >= 11 is 0. The Morgan fingerprint density at radius 1 is 1.00 bits per heavy atom. The Hall–Kier alpha value is -1.04. The topological polar surface area (TPSA) is 0 Å². The zero-order chi connectivity index (χ0) is 9.84.